The molecule has 2 amide bonds. The highest BCUT2D eigenvalue weighted by atomic mass is 32.2. The van der Waals surface area contributed by atoms with Gasteiger partial charge in [-0.1, -0.05) is 36.0 Å². The number of carbonyl (C=O) groups excluding carboxylic acids is 2. The van der Waals surface area contributed by atoms with Gasteiger partial charge in [-0.15, -0.1) is 0 Å². The average molecular weight is 593 g/mol. The molecule has 0 aliphatic carbocycles. The van der Waals surface area contributed by atoms with Crippen molar-refractivity contribution in [1.82, 2.24) is 14.9 Å². The summed E-state index contributed by atoms with van der Waals surface area (Å²) in [6.45, 7) is 3.65. The van der Waals surface area contributed by atoms with Crippen molar-refractivity contribution in [3.05, 3.63) is 107 Å². The van der Waals surface area contributed by atoms with Gasteiger partial charge in [0.25, 0.3) is 5.91 Å². The summed E-state index contributed by atoms with van der Waals surface area (Å²) in [5, 5.41) is 3.27. The number of aryl methyl sites for hydroxylation is 2. The number of rotatable bonds is 11. The molecule has 0 saturated heterocycles. The van der Waals surface area contributed by atoms with Crippen LogP contribution in [0.3, 0.4) is 0 Å². The van der Waals surface area contributed by atoms with E-state index in [2.05, 4.69) is 15.3 Å². The fourth-order valence-corrected chi connectivity index (χ4v) is 5.13. The average Bonchev–Trinajstić information content (AvgIpc) is 2.97. The zero-order valence-corrected chi connectivity index (χ0v) is 24.4. The standard InChI is InChI=1S/C31H30F2N4O4S/c1-19-15-20(2)35-31(34-19)42-18-28(38)37(17-21-5-9-23(32)10-6-21)29(22-7-11-24(33)12-8-22)30(39)36-26-14-13-25(40-3)16-27(26)41-4/h5-16,29H,17-18H2,1-4H3,(H,36,39)/t29-/m1/s1. The number of methoxy groups -OCH3 is 2. The predicted molar refractivity (Wildman–Crippen MR) is 156 cm³/mol. The van der Waals surface area contributed by atoms with Crippen LogP contribution in [0.15, 0.2) is 78.0 Å². The summed E-state index contributed by atoms with van der Waals surface area (Å²) in [6.07, 6.45) is 0. The van der Waals surface area contributed by atoms with Gasteiger partial charge in [-0.05, 0) is 67.4 Å². The number of ether oxygens (including phenoxy) is 2. The van der Waals surface area contributed by atoms with Crippen LogP contribution in [0.2, 0.25) is 0 Å². The molecule has 11 heteroatoms. The highest BCUT2D eigenvalue weighted by Gasteiger charge is 2.32. The van der Waals surface area contributed by atoms with Crippen molar-refractivity contribution in [3.8, 4) is 11.5 Å². The van der Waals surface area contributed by atoms with Crippen molar-refractivity contribution in [2.75, 3.05) is 25.3 Å². The summed E-state index contributed by atoms with van der Waals surface area (Å²) < 4.78 is 38.3. The summed E-state index contributed by atoms with van der Waals surface area (Å²) in [6, 6.07) is 16.6. The van der Waals surface area contributed by atoms with E-state index in [0.29, 0.717) is 33.5 Å². The Morgan fingerprint density at radius 2 is 1.50 bits per heavy atom. The molecule has 3 aromatic carbocycles. The molecule has 4 rings (SSSR count). The fraction of sp³-hybridized carbons (Fsp3) is 0.226. The lowest BCUT2D eigenvalue weighted by Crippen LogP contribution is -2.42. The van der Waals surface area contributed by atoms with E-state index in [4.69, 9.17) is 9.47 Å². The Labute approximate surface area is 247 Å². The summed E-state index contributed by atoms with van der Waals surface area (Å²) >= 11 is 1.14. The van der Waals surface area contributed by atoms with E-state index < -0.39 is 29.5 Å². The van der Waals surface area contributed by atoms with Gasteiger partial charge in [-0.25, -0.2) is 18.7 Å². The molecule has 0 radical (unpaired) electrons. The minimum absolute atomic E-state index is 0.0252. The maximum Gasteiger partial charge on any atom is 0.251 e. The number of carbonyl (C=O) groups is 2. The molecule has 1 N–H and O–H groups in total. The third-order valence-corrected chi connectivity index (χ3v) is 7.12. The second-order valence-corrected chi connectivity index (χ2v) is 10.3. The van der Waals surface area contributed by atoms with Crippen LogP contribution in [0, 0.1) is 25.5 Å². The zero-order chi connectivity index (χ0) is 30.2. The number of benzene rings is 3. The molecule has 1 heterocycles. The van der Waals surface area contributed by atoms with Gasteiger partial charge in [-0.2, -0.15) is 0 Å². The van der Waals surface area contributed by atoms with Crippen LogP contribution in [0.4, 0.5) is 14.5 Å². The summed E-state index contributed by atoms with van der Waals surface area (Å²) in [4.78, 5) is 38.0. The van der Waals surface area contributed by atoms with Gasteiger partial charge in [0.05, 0.1) is 25.7 Å². The quantitative estimate of drug-likeness (QED) is 0.172. The van der Waals surface area contributed by atoms with E-state index in [9.17, 15) is 18.4 Å². The van der Waals surface area contributed by atoms with Crippen molar-refractivity contribution in [2.24, 2.45) is 0 Å². The van der Waals surface area contributed by atoms with Crippen LogP contribution >= 0.6 is 11.8 Å². The van der Waals surface area contributed by atoms with E-state index in [0.717, 1.165) is 23.1 Å². The molecule has 0 fully saturated rings. The molecule has 0 spiro atoms. The number of thioether (sulfide) groups is 1. The maximum absolute atomic E-state index is 14.0. The number of aromatic nitrogens is 2. The van der Waals surface area contributed by atoms with Gasteiger partial charge in [0.2, 0.25) is 5.91 Å². The molecule has 8 nitrogen and oxygen atoms in total. The van der Waals surface area contributed by atoms with E-state index in [1.54, 1.807) is 30.3 Å². The van der Waals surface area contributed by atoms with Crippen molar-refractivity contribution >= 4 is 29.3 Å². The first-order valence-electron chi connectivity index (χ1n) is 12.9. The van der Waals surface area contributed by atoms with Gasteiger partial charge in [0, 0.05) is 24.0 Å². The van der Waals surface area contributed by atoms with Crippen LogP contribution in [0.1, 0.15) is 28.6 Å². The van der Waals surface area contributed by atoms with Gasteiger partial charge < -0.3 is 19.7 Å². The Morgan fingerprint density at radius 1 is 0.881 bits per heavy atom. The molecule has 42 heavy (non-hydrogen) atoms. The number of nitrogens with zero attached hydrogens (tertiary/aromatic N) is 3. The molecule has 0 saturated carbocycles. The lowest BCUT2D eigenvalue weighted by atomic mass is 10.0. The van der Waals surface area contributed by atoms with Gasteiger partial charge in [0.15, 0.2) is 5.16 Å². The molecular formula is C31H30F2N4O4S. The van der Waals surface area contributed by atoms with Crippen LogP contribution in [-0.2, 0) is 16.1 Å². The number of hydrogen-bond donors (Lipinski definition) is 1. The number of halogens is 2. The van der Waals surface area contributed by atoms with Crippen molar-refractivity contribution in [3.63, 3.8) is 0 Å². The molecule has 4 aromatic rings. The van der Waals surface area contributed by atoms with Crippen LogP contribution < -0.4 is 14.8 Å². The monoisotopic (exact) mass is 592 g/mol. The molecule has 0 unspecified atom stereocenters. The summed E-state index contributed by atoms with van der Waals surface area (Å²) in [5.41, 5.74) is 2.85. The molecule has 0 bridgehead atoms. The Balaban J connectivity index is 1.72. The van der Waals surface area contributed by atoms with Gasteiger partial charge in [-0.3, -0.25) is 9.59 Å². The van der Waals surface area contributed by atoms with Crippen LogP contribution in [-0.4, -0.2) is 46.7 Å². The lowest BCUT2D eigenvalue weighted by Gasteiger charge is -2.32. The minimum Gasteiger partial charge on any atom is -0.497 e. The Hall–Kier alpha value is -4.51. The topological polar surface area (TPSA) is 93.7 Å². The number of hydrogen-bond acceptors (Lipinski definition) is 7. The summed E-state index contributed by atoms with van der Waals surface area (Å²) in [7, 11) is 2.97. The van der Waals surface area contributed by atoms with Crippen LogP contribution in [0.25, 0.3) is 0 Å². The Morgan fingerprint density at radius 3 is 2.10 bits per heavy atom. The lowest BCUT2D eigenvalue weighted by molar-refractivity contribution is -0.137. The fourth-order valence-electron chi connectivity index (χ4n) is 4.30. The summed E-state index contributed by atoms with van der Waals surface area (Å²) in [5.74, 6) is -1.10. The Bertz CT molecular complexity index is 1530. The molecule has 218 valence electrons. The first kappa shape index (κ1) is 30.4. The molecule has 0 aliphatic rings. The van der Waals surface area contributed by atoms with Crippen molar-refractivity contribution in [2.45, 2.75) is 31.6 Å². The third kappa shape index (κ3) is 7.82. The largest absolute Gasteiger partial charge is 0.497 e. The Kier molecular flexibility index (Phi) is 10.1. The minimum atomic E-state index is -1.18. The first-order valence-corrected chi connectivity index (χ1v) is 13.9. The smallest absolute Gasteiger partial charge is 0.251 e. The second-order valence-electron chi connectivity index (χ2n) is 9.38. The molecular weight excluding hydrogens is 562 g/mol. The number of amides is 2. The van der Waals surface area contributed by atoms with Gasteiger partial charge >= 0.3 is 0 Å². The first-order chi connectivity index (χ1) is 20.2. The highest BCUT2D eigenvalue weighted by molar-refractivity contribution is 7.99. The molecule has 1 atom stereocenters. The predicted octanol–water partition coefficient (Wildman–Crippen LogP) is 5.89. The SMILES string of the molecule is COc1ccc(NC(=O)[C@@H](c2ccc(F)cc2)N(Cc2ccc(F)cc2)C(=O)CSc2nc(C)cc(C)n2)c(OC)c1. The molecule has 1 aromatic heterocycles. The normalized spacial score (nSPS) is 11.5. The third-order valence-electron chi connectivity index (χ3n) is 6.29. The maximum atomic E-state index is 14.0. The van der Waals surface area contributed by atoms with Crippen LogP contribution in [0.5, 0.6) is 11.5 Å². The van der Waals surface area contributed by atoms with Crippen molar-refractivity contribution < 1.29 is 27.8 Å². The van der Waals surface area contributed by atoms with E-state index in [1.807, 2.05) is 19.9 Å². The second kappa shape index (κ2) is 13.9. The highest BCUT2D eigenvalue weighted by Crippen LogP contribution is 2.32. The number of nitrogens with one attached hydrogen (secondary N) is 1. The molecule has 0 aliphatic heterocycles. The van der Waals surface area contributed by atoms with E-state index in [-0.39, 0.29) is 12.3 Å². The van der Waals surface area contributed by atoms with Crippen molar-refractivity contribution in [1.29, 1.82) is 0 Å². The number of anilines is 1. The van der Waals surface area contributed by atoms with E-state index in [1.165, 1.54) is 55.5 Å². The van der Waals surface area contributed by atoms with E-state index >= 15 is 0 Å². The zero-order valence-electron chi connectivity index (χ0n) is 23.6. The van der Waals surface area contributed by atoms with Gasteiger partial charge in [0.1, 0.15) is 29.2 Å².